The first kappa shape index (κ1) is 17.8. The van der Waals surface area contributed by atoms with Crippen molar-refractivity contribution in [3.63, 3.8) is 0 Å². The van der Waals surface area contributed by atoms with Gasteiger partial charge in [0.25, 0.3) is 0 Å². The smallest absolute Gasteiger partial charge is 0.335 e. The monoisotopic (exact) mass is 341 g/mol. The summed E-state index contributed by atoms with van der Waals surface area (Å²) in [5, 5.41) is 12.3. The van der Waals surface area contributed by atoms with Gasteiger partial charge in [-0.1, -0.05) is 18.2 Å². The Kier molecular flexibility index (Phi) is 5.70. The van der Waals surface area contributed by atoms with Crippen LogP contribution in [0.1, 0.15) is 22.3 Å². The van der Waals surface area contributed by atoms with E-state index in [2.05, 4.69) is 5.32 Å². The summed E-state index contributed by atoms with van der Waals surface area (Å²) in [7, 11) is -4.35. The lowest BCUT2D eigenvalue weighted by atomic mass is 9.83. The van der Waals surface area contributed by atoms with E-state index in [-0.39, 0.29) is 11.5 Å². The molecule has 1 aromatic carbocycles. The lowest BCUT2D eigenvalue weighted by molar-refractivity contribution is -0.121. The number of benzene rings is 1. The molecular formula is C15H20NO6P. The number of carbonyl (C=O) groups excluding carboxylic acids is 1. The van der Waals surface area contributed by atoms with E-state index < -0.39 is 31.4 Å². The Bertz CT molecular complexity index is 641. The number of ketones is 1. The lowest BCUT2D eigenvalue weighted by Gasteiger charge is -2.29. The van der Waals surface area contributed by atoms with Gasteiger partial charge in [0.1, 0.15) is 11.9 Å². The first-order valence-electron chi connectivity index (χ1n) is 7.35. The Balaban J connectivity index is 2.03. The van der Waals surface area contributed by atoms with Crippen LogP contribution >= 0.6 is 7.60 Å². The van der Waals surface area contributed by atoms with Crippen LogP contribution in [0.25, 0.3) is 0 Å². The average Bonchev–Trinajstić information content (AvgIpc) is 2.46. The molecule has 2 unspecified atom stereocenters. The van der Waals surface area contributed by atoms with E-state index in [0.717, 1.165) is 0 Å². The van der Waals surface area contributed by atoms with E-state index in [9.17, 15) is 19.3 Å². The van der Waals surface area contributed by atoms with Crippen LogP contribution in [0.3, 0.4) is 0 Å². The Labute approximate surface area is 133 Å². The molecule has 0 aliphatic carbocycles. The molecule has 1 fully saturated rings. The van der Waals surface area contributed by atoms with Crippen LogP contribution in [0.2, 0.25) is 0 Å². The van der Waals surface area contributed by atoms with Gasteiger partial charge in [0.2, 0.25) is 0 Å². The summed E-state index contributed by atoms with van der Waals surface area (Å²) in [4.78, 5) is 41.0. The maximum Gasteiger partial charge on any atom is 0.335 e. The molecule has 2 atom stereocenters. The number of aromatic carboxylic acids is 1. The number of hydrogen-bond donors (Lipinski definition) is 4. The SMILES string of the molecule is O=C(O)c1ccccc1CC1CNCC(C(=O)CP(=O)(O)O)C1. The molecule has 4 N–H and O–H groups in total. The van der Waals surface area contributed by atoms with Gasteiger partial charge in [0, 0.05) is 12.5 Å². The van der Waals surface area contributed by atoms with Crippen molar-refractivity contribution in [1.29, 1.82) is 0 Å². The number of nitrogens with one attached hydrogen (secondary N) is 1. The van der Waals surface area contributed by atoms with Crippen LogP contribution in [0.5, 0.6) is 0 Å². The highest BCUT2D eigenvalue weighted by Crippen LogP contribution is 2.36. The summed E-state index contributed by atoms with van der Waals surface area (Å²) in [6.07, 6.45) is 0.271. The Hall–Kier alpha value is -1.53. The van der Waals surface area contributed by atoms with Crippen LogP contribution in [0.15, 0.2) is 24.3 Å². The van der Waals surface area contributed by atoms with Gasteiger partial charge in [0.05, 0.1) is 5.56 Å². The molecule has 1 aliphatic rings. The van der Waals surface area contributed by atoms with Gasteiger partial charge in [-0.05, 0) is 36.9 Å². The van der Waals surface area contributed by atoms with Crippen LogP contribution in [0, 0.1) is 11.8 Å². The van der Waals surface area contributed by atoms with Crippen molar-refractivity contribution in [1.82, 2.24) is 5.32 Å². The Morgan fingerprint density at radius 2 is 1.91 bits per heavy atom. The normalized spacial score (nSPS) is 21.8. The van der Waals surface area contributed by atoms with Crippen LogP contribution < -0.4 is 5.32 Å². The topological polar surface area (TPSA) is 124 Å². The quantitative estimate of drug-likeness (QED) is 0.567. The first-order chi connectivity index (χ1) is 10.8. The van der Waals surface area contributed by atoms with Crippen molar-refractivity contribution in [3.8, 4) is 0 Å². The largest absolute Gasteiger partial charge is 0.478 e. The number of Topliss-reactive ketones (excluding diaryl/α,β-unsaturated/α-hetero) is 1. The summed E-state index contributed by atoms with van der Waals surface area (Å²) in [6.45, 7) is 1.05. The van der Waals surface area contributed by atoms with E-state index in [4.69, 9.17) is 9.79 Å². The fourth-order valence-electron chi connectivity index (χ4n) is 2.98. The summed E-state index contributed by atoms with van der Waals surface area (Å²) >= 11 is 0. The molecule has 1 aromatic rings. The van der Waals surface area contributed by atoms with Gasteiger partial charge in [0.15, 0.2) is 0 Å². The minimum atomic E-state index is -4.35. The molecule has 0 bridgehead atoms. The van der Waals surface area contributed by atoms with Crippen LogP contribution in [0.4, 0.5) is 0 Å². The molecule has 8 heteroatoms. The molecule has 0 amide bonds. The Morgan fingerprint density at radius 1 is 1.22 bits per heavy atom. The molecule has 23 heavy (non-hydrogen) atoms. The molecule has 126 valence electrons. The molecule has 1 saturated heterocycles. The van der Waals surface area contributed by atoms with Gasteiger partial charge in [-0.2, -0.15) is 0 Å². The predicted octanol–water partition coefficient (Wildman–Crippen LogP) is 0.900. The number of carbonyl (C=O) groups is 2. The number of carboxylic acid groups (broad SMARTS) is 1. The number of hydrogen-bond acceptors (Lipinski definition) is 4. The molecule has 0 spiro atoms. The van der Waals surface area contributed by atoms with Gasteiger partial charge in [-0.3, -0.25) is 9.36 Å². The van der Waals surface area contributed by atoms with Gasteiger partial charge >= 0.3 is 13.6 Å². The standard InChI is InChI=1S/C15H20NO6P/c17-14(9-23(20,21)22)12-6-10(7-16-8-12)5-11-3-1-2-4-13(11)15(18)19/h1-4,10,12,16H,5-9H2,(H,18,19)(H2,20,21,22). The van der Waals surface area contributed by atoms with E-state index in [1.165, 1.54) is 0 Å². The number of rotatable bonds is 6. The molecule has 2 rings (SSSR count). The predicted molar refractivity (Wildman–Crippen MR) is 83.5 cm³/mol. The summed E-state index contributed by atoms with van der Waals surface area (Å²) in [5.41, 5.74) is 0.950. The second-order valence-electron chi connectivity index (χ2n) is 5.91. The van der Waals surface area contributed by atoms with E-state index >= 15 is 0 Å². The van der Waals surface area contributed by atoms with Crippen molar-refractivity contribution >= 4 is 19.3 Å². The van der Waals surface area contributed by atoms with Crippen molar-refractivity contribution in [2.45, 2.75) is 12.8 Å². The fraction of sp³-hybridized carbons (Fsp3) is 0.467. The number of carboxylic acids is 1. The number of piperidine rings is 1. The fourth-order valence-corrected chi connectivity index (χ4v) is 3.65. The third-order valence-electron chi connectivity index (χ3n) is 4.02. The first-order valence-corrected chi connectivity index (χ1v) is 9.15. The highest BCUT2D eigenvalue weighted by molar-refractivity contribution is 7.52. The third-order valence-corrected chi connectivity index (χ3v) is 4.74. The summed E-state index contributed by atoms with van der Waals surface area (Å²) < 4.78 is 11.0. The minimum Gasteiger partial charge on any atom is -0.478 e. The van der Waals surface area contributed by atoms with Crippen molar-refractivity contribution in [2.75, 3.05) is 19.3 Å². The van der Waals surface area contributed by atoms with Crippen molar-refractivity contribution < 1.29 is 29.0 Å². The molecule has 0 saturated carbocycles. The second-order valence-corrected chi connectivity index (χ2v) is 7.56. The van der Waals surface area contributed by atoms with Crippen molar-refractivity contribution in [2.24, 2.45) is 11.8 Å². The molecule has 0 aromatic heterocycles. The highest BCUT2D eigenvalue weighted by Gasteiger charge is 2.31. The highest BCUT2D eigenvalue weighted by atomic mass is 31.2. The zero-order chi connectivity index (χ0) is 17.0. The van der Waals surface area contributed by atoms with Crippen LogP contribution in [-0.4, -0.2) is 45.9 Å². The van der Waals surface area contributed by atoms with Crippen molar-refractivity contribution in [3.05, 3.63) is 35.4 Å². The zero-order valence-corrected chi connectivity index (χ0v) is 13.4. The van der Waals surface area contributed by atoms with E-state index in [1.807, 2.05) is 0 Å². The lowest BCUT2D eigenvalue weighted by Crippen LogP contribution is -2.41. The third kappa shape index (κ3) is 5.25. The Morgan fingerprint density at radius 3 is 2.57 bits per heavy atom. The van der Waals surface area contributed by atoms with E-state index in [0.29, 0.717) is 31.5 Å². The average molecular weight is 341 g/mol. The second kappa shape index (κ2) is 7.36. The van der Waals surface area contributed by atoms with Crippen LogP contribution in [-0.2, 0) is 15.8 Å². The maximum atomic E-state index is 12.0. The molecular weight excluding hydrogens is 321 g/mol. The maximum absolute atomic E-state index is 12.0. The molecule has 1 aliphatic heterocycles. The van der Waals surface area contributed by atoms with Gasteiger partial charge in [-0.15, -0.1) is 0 Å². The zero-order valence-electron chi connectivity index (χ0n) is 12.5. The summed E-state index contributed by atoms with van der Waals surface area (Å²) in [5.74, 6) is -1.83. The minimum absolute atomic E-state index is 0.0509. The molecule has 7 nitrogen and oxygen atoms in total. The van der Waals surface area contributed by atoms with E-state index in [1.54, 1.807) is 24.3 Å². The van der Waals surface area contributed by atoms with Gasteiger partial charge in [-0.25, -0.2) is 4.79 Å². The van der Waals surface area contributed by atoms with Gasteiger partial charge < -0.3 is 20.2 Å². The molecule has 0 radical (unpaired) electrons. The molecule has 1 heterocycles. The summed E-state index contributed by atoms with van der Waals surface area (Å²) in [6, 6.07) is 6.74.